The Morgan fingerprint density at radius 3 is 2.58 bits per heavy atom. The summed E-state index contributed by atoms with van der Waals surface area (Å²) >= 11 is 2.30. The molecule has 0 fully saturated rings. The molecule has 0 aromatic carbocycles. The van der Waals surface area contributed by atoms with Gasteiger partial charge in [0.25, 0.3) is 0 Å². The molecule has 0 saturated carbocycles. The normalized spacial score (nSPS) is 16.5. The maximum Gasteiger partial charge on any atom is 0.353 e. The molecule has 19 heavy (non-hydrogen) atoms. The van der Waals surface area contributed by atoms with Gasteiger partial charge >= 0.3 is 5.97 Å². The van der Waals surface area contributed by atoms with Gasteiger partial charge in [-0.3, -0.25) is 14.5 Å². The number of hydrogen-bond donors (Lipinski definition) is 1. The van der Waals surface area contributed by atoms with E-state index in [1.165, 1.54) is 29.0 Å². The van der Waals surface area contributed by atoms with Gasteiger partial charge in [0.1, 0.15) is 5.70 Å². The van der Waals surface area contributed by atoms with Crippen LogP contribution in [0.3, 0.4) is 0 Å². The number of rotatable bonds is 4. The van der Waals surface area contributed by atoms with Crippen LogP contribution in [-0.2, 0) is 14.4 Å². The van der Waals surface area contributed by atoms with Crippen molar-refractivity contribution in [2.24, 2.45) is 5.92 Å². The third-order valence-electron chi connectivity index (χ3n) is 2.41. The van der Waals surface area contributed by atoms with Gasteiger partial charge in [-0.05, 0) is 12.3 Å². The van der Waals surface area contributed by atoms with Crippen molar-refractivity contribution in [3.63, 3.8) is 0 Å². The van der Waals surface area contributed by atoms with E-state index in [9.17, 15) is 14.4 Å². The lowest BCUT2D eigenvalue weighted by atomic mass is 10.1. The second kappa shape index (κ2) is 6.81. The summed E-state index contributed by atoms with van der Waals surface area (Å²) in [6.07, 6.45) is 0. The van der Waals surface area contributed by atoms with Crippen LogP contribution in [0.15, 0.2) is 22.2 Å². The van der Waals surface area contributed by atoms with E-state index in [0.717, 1.165) is 11.8 Å². The standard InChI is InChI=1S/C12H15NO4S2/c1-7(4-19-9(3)14)11(15)13-8(2)5-18-6-10(13)12(16)17/h5-7H,4H2,1-3H3,(H,16,17). The fourth-order valence-electron chi connectivity index (χ4n) is 1.46. The smallest absolute Gasteiger partial charge is 0.353 e. The van der Waals surface area contributed by atoms with Crippen molar-refractivity contribution in [3.05, 3.63) is 22.2 Å². The molecular weight excluding hydrogens is 286 g/mol. The highest BCUT2D eigenvalue weighted by atomic mass is 32.2. The number of carbonyl (C=O) groups is 3. The lowest BCUT2D eigenvalue weighted by molar-refractivity contribution is -0.139. The van der Waals surface area contributed by atoms with Gasteiger partial charge in [-0.1, -0.05) is 18.7 Å². The molecule has 0 aromatic heterocycles. The number of nitrogens with zero attached hydrogens (tertiary/aromatic N) is 1. The maximum atomic E-state index is 12.3. The van der Waals surface area contributed by atoms with Crippen LogP contribution < -0.4 is 0 Å². The highest BCUT2D eigenvalue weighted by Crippen LogP contribution is 2.28. The Balaban J connectivity index is 2.85. The molecule has 0 bridgehead atoms. The first-order valence-electron chi connectivity index (χ1n) is 5.57. The minimum absolute atomic E-state index is 0.0466. The summed E-state index contributed by atoms with van der Waals surface area (Å²) in [6.45, 7) is 4.81. The summed E-state index contributed by atoms with van der Waals surface area (Å²) in [5.74, 6) is -1.53. The molecule has 7 heteroatoms. The molecule has 104 valence electrons. The fourth-order valence-corrected chi connectivity index (χ4v) is 2.80. The Kier molecular flexibility index (Phi) is 5.68. The number of carbonyl (C=O) groups excluding carboxylic acids is 2. The lowest BCUT2D eigenvalue weighted by Crippen LogP contribution is -2.37. The molecule has 0 aromatic rings. The Morgan fingerprint density at radius 2 is 2.05 bits per heavy atom. The van der Waals surface area contributed by atoms with Crippen LogP contribution in [-0.4, -0.2) is 32.8 Å². The minimum atomic E-state index is -1.14. The predicted octanol–water partition coefficient (Wildman–Crippen LogP) is 2.26. The van der Waals surface area contributed by atoms with Gasteiger partial charge < -0.3 is 5.11 Å². The van der Waals surface area contributed by atoms with Crippen molar-refractivity contribution in [1.29, 1.82) is 0 Å². The molecule has 1 aliphatic rings. The number of hydrogen-bond acceptors (Lipinski definition) is 5. The summed E-state index contributed by atoms with van der Waals surface area (Å²) in [6, 6.07) is 0. The van der Waals surface area contributed by atoms with Gasteiger partial charge in [0, 0.05) is 29.7 Å². The molecule has 5 nitrogen and oxygen atoms in total. The SMILES string of the molecule is CC(=O)SCC(C)C(=O)N1C(C)=CSC=C1C(=O)O. The Morgan fingerprint density at radius 1 is 1.42 bits per heavy atom. The number of carboxylic acid groups (broad SMARTS) is 1. The molecule has 0 spiro atoms. The van der Waals surface area contributed by atoms with E-state index in [-0.39, 0.29) is 16.7 Å². The highest BCUT2D eigenvalue weighted by molar-refractivity contribution is 8.13. The van der Waals surface area contributed by atoms with E-state index >= 15 is 0 Å². The molecule has 1 atom stereocenters. The predicted molar refractivity (Wildman–Crippen MR) is 76.2 cm³/mol. The number of amides is 1. The van der Waals surface area contributed by atoms with E-state index in [1.807, 2.05) is 0 Å². The summed E-state index contributed by atoms with van der Waals surface area (Å²) in [5.41, 5.74) is 0.532. The van der Waals surface area contributed by atoms with Crippen molar-refractivity contribution in [1.82, 2.24) is 4.90 Å². The first-order valence-corrected chi connectivity index (χ1v) is 7.50. The molecule has 0 radical (unpaired) electrons. The Labute approximate surface area is 120 Å². The highest BCUT2D eigenvalue weighted by Gasteiger charge is 2.30. The summed E-state index contributed by atoms with van der Waals surface area (Å²) in [4.78, 5) is 35.5. The van der Waals surface area contributed by atoms with Crippen LogP contribution in [0.5, 0.6) is 0 Å². The second-order valence-electron chi connectivity index (χ2n) is 4.08. The topological polar surface area (TPSA) is 74.7 Å². The molecule has 1 amide bonds. The number of aliphatic carboxylic acids is 1. The van der Waals surface area contributed by atoms with Gasteiger partial charge in [0.05, 0.1) is 0 Å². The van der Waals surface area contributed by atoms with E-state index in [2.05, 4.69) is 0 Å². The number of thioether (sulfide) groups is 2. The Hall–Kier alpha value is -1.21. The minimum Gasteiger partial charge on any atom is -0.477 e. The molecule has 1 rings (SSSR count). The zero-order valence-electron chi connectivity index (χ0n) is 10.9. The monoisotopic (exact) mass is 301 g/mol. The largest absolute Gasteiger partial charge is 0.477 e. The molecule has 1 heterocycles. The van der Waals surface area contributed by atoms with E-state index in [4.69, 9.17) is 5.11 Å². The van der Waals surface area contributed by atoms with Gasteiger partial charge in [0.15, 0.2) is 5.12 Å². The second-order valence-corrected chi connectivity index (χ2v) is 6.02. The zero-order valence-corrected chi connectivity index (χ0v) is 12.5. The lowest BCUT2D eigenvalue weighted by Gasteiger charge is -2.28. The first-order chi connectivity index (χ1) is 8.84. The van der Waals surface area contributed by atoms with E-state index in [0.29, 0.717) is 11.4 Å². The van der Waals surface area contributed by atoms with Crippen LogP contribution in [0.4, 0.5) is 0 Å². The molecule has 1 aliphatic heterocycles. The summed E-state index contributed by atoms with van der Waals surface area (Å²) in [7, 11) is 0. The Bertz CT molecular complexity index is 470. The first kappa shape index (κ1) is 15.8. The van der Waals surface area contributed by atoms with Crippen molar-refractivity contribution in [2.75, 3.05) is 5.75 Å². The quantitative estimate of drug-likeness (QED) is 0.858. The molecule has 0 saturated heterocycles. The van der Waals surface area contributed by atoms with E-state index < -0.39 is 11.9 Å². The van der Waals surface area contributed by atoms with Gasteiger partial charge in [-0.2, -0.15) is 0 Å². The van der Waals surface area contributed by atoms with Gasteiger partial charge in [-0.15, -0.1) is 11.8 Å². The van der Waals surface area contributed by atoms with Crippen LogP contribution in [0.2, 0.25) is 0 Å². The van der Waals surface area contributed by atoms with Crippen LogP contribution >= 0.6 is 23.5 Å². The van der Waals surface area contributed by atoms with Crippen LogP contribution in [0.25, 0.3) is 0 Å². The van der Waals surface area contributed by atoms with Gasteiger partial charge in [-0.25, -0.2) is 4.79 Å². The summed E-state index contributed by atoms with van der Waals surface area (Å²) in [5, 5.41) is 12.2. The average molecular weight is 301 g/mol. The summed E-state index contributed by atoms with van der Waals surface area (Å²) < 4.78 is 0. The molecule has 0 aliphatic carbocycles. The van der Waals surface area contributed by atoms with Crippen molar-refractivity contribution >= 4 is 40.5 Å². The molecule has 1 N–H and O–H groups in total. The average Bonchev–Trinajstić information content (AvgIpc) is 2.34. The third kappa shape index (κ3) is 4.14. The van der Waals surface area contributed by atoms with Crippen LogP contribution in [0.1, 0.15) is 20.8 Å². The zero-order chi connectivity index (χ0) is 14.6. The van der Waals surface area contributed by atoms with Crippen molar-refractivity contribution in [2.45, 2.75) is 20.8 Å². The number of allylic oxidation sites excluding steroid dienone is 1. The molecular formula is C12H15NO4S2. The number of carboxylic acids is 1. The van der Waals surface area contributed by atoms with E-state index in [1.54, 1.807) is 19.3 Å². The third-order valence-corrected chi connectivity index (χ3v) is 4.32. The van der Waals surface area contributed by atoms with Crippen LogP contribution in [0, 0.1) is 5.92 Å². The van der Waals surface area contributed by atoms with Crippen molar-refractivity contribution < 1.29 is 19.5 Å². The molecule has 1 unspecified atom stereocenters. The van der Waals surface area contributed by atoms with Gasteiger partial charge in [0.2, 0.25) is 5.91 Å². The fraction of sp³-hybridized carbons (Fsp3) is 0.417. The maximum absolute atomic E-state index is 12.3. The van der Waals surface area contributed by atoms with Crippen molar-refractivity contribution in [3.8, 4) is 0 Å².